The molecule has 0 fully saturated rings. The Hall–Kier alpha value is -7.99. The summed E-state index contributed by atoms with van der Waals surface area (Å²) in [6.07, 6.45) is 0. The Kier molecular flexibility index (Phi) is 7.96. The lowest BCUT2D eigenvalue weighted by atomic mass is 9.67. The van der Waals surface area contributed by atoms with Gasteiger partial charge in [0.1, 0.15) is 11.2 Å². The van der Waals surface area contributed by atoms with Crippen LogP contribution in [0.4, 0.5) is 0 Å². The van der Waals surface area contributed by atoms with Crippen molar-refractivity contribution < 1.29 is 4.42 Å². The summed E-state index contributed by atoms with van der Waals surface area (Å²) in [6.45, 7) is 0. The van der Waals surface area contributed by atoms with Crippen molar-refractivity contribution in [3.8, 4) is 56.4 Å². The van der Waals surface area contributed by atoms with Gasteiger partial charge in [-0.1, -0.05) is 164 Å². The zero-order valence-electron chi connectivity index (χ0n) is 33.9. The van der Waals surface area contributed by atoms with E-state index in [1.165, 1.54) is 53.6 Å². The Morgan fingerprint density at radius 1 is 0.349 bits per heavy atom. The molecule has 0 saturated heterocycles. The van der Waals surface area contributed by atoms with Gasteiger partial charge >= 0.3 is 0 Å². The highest BCUT2D eigenvalue weighted by atomic mass is 32.1. The molecule has 0 spiro atoms. The molecular weight excluding hydrogens is 787 g/mol. The summed E-state index contributed by atoms with van der Waals surface area (Å²) in [5.41, 5.74) is 13.7. The van der Waals surface area contributed by atoms with Crippen molar-refractivity contribution in [2.24, 2.45) is 0 Å². The summed E-state index contributed by atoms with van der Waals surface area (Å²) < 4.78 is 9.11. The molecule has 4 nitrogen and oxygen atoms in total. The van der Waals surface area contributed by atoms with Gasteiger partial charge in [0.2, 0.25) is 0 Å². The number of furan rings is 1. The fourth-order valence-corrected chi connectivity index (χ4v) is 11.1. The third-order valence-electron chi connectivity index (χ3n) is 12.8. The molecule has 0 bridgehead atoms. The molecular formula is C58H35N3OS. The van der Waals surface area contributed by atoms with Crippen molar-refractivity contribution in [2.45, 2.75) is 5.41 Å². The smallest absolute Gasteiger partial charge is 0.164 e. The lowest BCUT2D eigenvalue weighted by Gasteiger charge is -2.34. The standard InChI is InChI=1S/C58H35N3OS/c1-4-15-36(16-5-1)55-59-56(39-29-32-53-46(34-39)44-22-11-13-26-52(44)63-53)61-57(60-55)45-23-14-25-51-54(45)47-33-37(28-31-50(47)62-51)38-27-30-43-42-21-10-12-24-48(42)58(49(43)35-38,40-17-6-2-7-18-40)41-19-8-3-9-20-41/h1-35H. The maximum atomic E-state index is 6.61. The van der Waals surface area contributed by atoms with E-state index in [4.69, 9.17) is 19.4 Å². The van der Waals surface area contributed by atoms with Gasteiger partial charge in [-0.2, -0.15) is 0 Å². The highest BCUT2D eigenvalue weighted by Gasteiger charge is 2.46. The predicted octanol–water partition coefficient (Wildman–Crippen LogP) is 15.2. The molecule has 5 heteroatoms. The molecule has 294 valence electrons. The quantitative estimate of drug-likeness (QED) is 0.168. The first kappa shape index (κ1) is 35.7. The SMILES string of the molecule is c1ccc(-c2nc(-c3ccc4sc5ccccc5c4c3)nc(-c3cccc4oc5ccc(-c6ccc7c(c6)C(c6ccccc6)(c6ccccc6)c6ccccc6-7)cc5c34)n2)cc1. The molecule has 0 N–H and O–H groups in total. The number of hydrogen-bond donors (Lipinski definition) is 0. The number of benzene rings is 9. The topological polar surface area (TPSA) is 51.8 Å². The summed E-state index contributed by atoms with van der Waals surface area (Å²) in [5.74, 6) is 1.84. The summed E-state index contributed by atoms with van der Waals surface area (Å²) in [5, 5.41) is 4.42. The molecule has 1 aliphatic carbocycles. The zero-order valence-corrected chi connectivity index (χ0v) is 34.7. The van der Waals surface area contributed by atoms with Gasteiger partial charge in [0, 0.05) is 47.6 Å². The van der Waals surface area contributed by atoms with E-state index in [0.717, 1.165) is 49.8 Å². The van der Waals surface area contributed by atoms with Gasteiger partial charge in [0.05, 0.1) is 5.41 Å². The molecule has 63 heavy (non-hydrogen) atoms. The summed E-state index contributed by atoms with van der Waals surface area (Å²) >= 11 is 1.81. The summed E-state index contributed by atoms with van der Waals surface area (Å²) in [6, 6.07) is 75.8. The minimum atomic E-state index is -0.488. The first-order valence-corrected chi connectivity index (χ1v) is 22.1. The number of fused-ring (bicyclic) bond motifs is 9. The molecule has 9 aromatic carbocycles. The number of hydrogen-bond acceptors (Lipinski definition) is 5. The lowest BCUT2D eigenvalue weighted by Crippen LogP contribution is -2.28. The Morgan fingerprint density at radius 2 is 0.937 bits per heavy atom. The van der Waals surface area contributed by atoms with Crippen molar-refractivity contribution >= 4 is 53.4 Å². The number of rotatable bonds is 6. The van der Waals surface area contributed by atoms with E-state index < -0.39 is 5.41 Å². The van der Waals surface area contributed by atoms with Gasteiger partial charge in [-0.05, 0) is 93.0 Å². The van der Waals surface area contributed by atoms with Gasteiger partial charge < -0.3 is 4.42 Å². The van der Waals surface area contributed by atoms with Crippen LogP contribution in [-0.2, 0) is 5.41 Å². The first-order valence-electron chi connectivity index (χ1n) is 21.3. The van der Waals surface area contributed by atoms with Crippen molar-refractivity contribution in [2.75, 3.05) is 0 Å². The van der Waals surface area contributed by atoms with E-state index in [1.807, 2.05) is 30.3 Å². The second-order valence-electron chi connectivity index (χ2n) is 16.3. The molecule has 0 aliphatic heterocycles. The van der Waals surface area contributed by atoms with Crippen LogP contribution in [0.3, 0.4) is 0 Å². The molecule has 0 radical (unpaired) electrons. The van der Waals surface area contributed by atoms with Crippen LogP contribution in [0.1, 0.15) is 22.3 Å². The van der Waals surface area contributed by atoms with E-state index in [2.05, 4.69) is 182 Å². The fourth-order valence-electron chi connectivity index (χ4n) is 10.0. The summed E-state index contributed by atoms with van der Waals surface area (Å²) in [4.78, 5) is 15.6. The molecule has 3 aromatic heterocycles. The fraction of sp³-hybridized carbons (Fsp3) is 0.0172. The van der Waals surface area contributed by atoms with Crippen LogP contribution in [0.25, 0.3) is 98.5 Å². The Bertz CT molecular complexity index is 3700. The van der Waals surface area contributed by atoms with Crippen molar-refractivity contribution in [1.82, 2.24) is 15.0 Å². The third kappa shape index (κ3) is 5.50. The van der Waals surface area contributed by atoms with E-state index >= 15 is 0 Å². The van der Waals surface area contributed by atoms with Crippen LogP contribution in [0.5, 0.6) is 0 Å². The van der Waals surface area contributed by atoms with E-state index in [0.29, 0.717) is 17.5 Å². The normalized spacial score (nSPS) is 12.9. The van der Waals surface area contributed by atoms with Crippen LogP contribution in [0.15, 0.2) is 217 Å². The Morgan fingerprint density at radius 3 is 1.75 bits per heavy atom. The minimum absolute atomic E-state index is 0.488. The maximum absolute atomic E-state index is 6.61. The molecule has 12 aromatic rings. The average Bonchev–Trinajstić information content (AvgIpc) is 4.02. The van der Waals surface area contributed by atoms with Gasteiger partial charge in [0.25, 0.3) is 0 Å². The largest absolute Gasteiger partial charge is 0.456 e. The van der Waals surface area contributed by atoms with Crippen molar-refractivity contribution in [1.29, 1.82) is 0 Å². The van der Waals surface area contributed by atoms with Gasteiger partial charge in [-0.3, -0.25) is 0 Å². The van der Waals surface area contributed by atoms with E-state index in [-0.39, 0.29) is 0 Å². The van der Waals surface area contributed by atoms with Crippen LogP contribution < -0.4 is 0 Å². The zero-order chi connectivity index (χ0) is 41.5. The third-order valence-corrected chi connectivity index (χ3v) is 14.0. The van der Waals surface area contributed by atoms with Crippen LogP contribution in [-0.4, -0.2) is 15.0 Å². The maximum Gasteiger partial charge on any atom is 0.164 e. The van der Waals surface area contributed by atoms with Gasteiger partial charge in [-0.25, -0.2) is 15.0 Å². The van der Waals surface area contributed by atoms with Crippen LogP contribution >= 0.6 is 11.3 Å². The molecule has 0 unspecified atom stereocenters. The van der Waals surface area contributed by atoms with Crippen molar-refractivity contribution in [3.05, 3.63) is 235 Å². The summed E-state index contributed by atoms with van der Waals surface area (Å²) in [7, 11) is 0. The Balaban J connectivity index is 1.000. The van der Waals surface area contributed by atoms with E-state index in [1.54, 1.807) is 11.3 Å². The number of aromatic nitrogens is 3. The second-order valence-corrected chi connectivity index (χ2v) is 17.3. The first-order chi connectivity index (χ1) is 31.2. The lowest BCUT2D eigenvalue weighted by molar-refractivity contribution is 0.669. The van der Waals surface area contributed by atoms with E-state index in [9.17, 15) is 0 Å². The van der Waals surface area contributed by atoms with Gasteiger partial charge in [0.15, 0.2) is 17.5 Å². The Labute approximate surface area is 367 Å². The highest BCUT2D eigenvalue weighted by molar-refractivity contribution is 7.25. The molecule has 13 rings (SSSR count). The molecule has 0 amide bonds. The average molecular weight is 822 g/mol. The molecule has 3 heterocycles. The predicted molar refractivity (Wildman–Crippen MR) is 259 cm³/mol. The second kappa shape index (κ2) is 14.0. The molecule has 0 saturated carbocycles. The monoisotopic (exact) mass is 821 g/mol. The van der Waals surface area contributed by atoms with Crippen molar-refractivity contribution in [3.63, 3.8) is 0 Å². The van der Waals surface area contributed by atoms with Crippen LogP contribution in [0, 0.1) is 0 Å². The molecule has 1 aliphatic rings. The highest BCUT2D eigenvalue weighted by Crippen LogP contribution is 2.57. The van der Waals surface area contributed by atoms with Gasteiger partial charge in [-0.15, -0.1) is 11.3 Å². The molecule has 0 atom stereocenters. The minimum Gasteiger partial charge on any atom is -0.456 e. The number of thiophene rings is 1. The number of nitrogens with zero attached hydrogens (tertiary/aromatic N) is 3. The van der Waals surface area contributed by atoms with Crippen LogP contribution in [0.2, 0.25) is 0 Å².